The van der Waals surface area contributed by atoms with E-state index in [1.54, 1.807) is 11.8 Å². The van der Waals surface area contributed by atoms with Crippen LogP contribution >= 0.6 is 11.8 Å². The number of aryl methyl sites for hydroxylation is 3. The lowest BCUT2D eigenvalue weighted by Gasteiger charge is -2.04. The van der Waals surface area contributed by atoms with Gasteiger partial charge in [0.05, 0.1) is 11.4 Å². The van der Waals surface area contributed by atoms with Crippen LogP contribution in [0.4, 0.5) is 0 Å². The first-order valence-corrected chi connectivity index (χ1v) is 7.92. The molecule has 7 nitrogen and oxygen atoms in total. The summed E-state index contributed by atoms with van der Waals surface area (Å²) in [6.45, 7) is 4.45. The summed E-state index contributed by atoms with van der Waals surface area (Å²) >= 11 is 1.56. The van der Waals surface area contributed by atoms with E-state index < -0.39 is 0 Å². The molecule has 114 valence electrons. The summed E-state index contributed by atoms with van der Waals surface area (Å²) < 4.78 is 5.09. The Morgan fingerprint density at radius 1 is 1.48 bits per heavy atom. The first-order chi connectivity index (χ1) is 10.2. The highest BCUT2D eigenvalue weighted by atomic mass is 32.2. The van der Waals surface area contributed by atoms with Crippen molar-refractivity contribution in [2.45, 2.75) is 32.4 Å². The summed E-state index contributed by atoms with van der Waals surface area (Å²) in [7, 11) is 0. The number of nitrogens with zero attached hydrogens (tertiary/aromatic N) is 3. The fourth-order valence-corrected chi connectivity index (χ4v) is 2.85. The molecule has 1 amide bonds. The summed E-state index contributed by atoms with van der Waals surface area (Å²) in [5, 5.41) is 13.4. The molecular weight excluding hydrogens is 290 g/mol. The zero-order valence-electron chi connectivity index (χ0n) is 12.2. The van der Waals surface area contributed by atoms with Crippen molar-refractivity contribution in [2.24, 2.45) is 0 Å². The highest BCUT2D eigenvalue weighted by Gasteiger charge is 2.09. The minimum atomic E-state index is 0.0457. The molecule has 0 atom stereocenters. The third-order valence-corrected chi connectivity index (χ3v) is 4.00. The number of rotatable bonds is 8. The summed E-state index contributed by atoms with van der Waals surface area (Å²) in [5.74, 6) is 2.90. The van der Waals surface area contributed by atoms with E-state index >= 15 is 0 Å². The average molecular weight is 309 g/mol. The van der Waals surface area contributed by atoms with Gasteiger partial charge in [0, 0.05) is 24.3 Å². The molecule has 0 radical (unpaired) electrons. The van der Waals surface area contributed by atoms with E-state index in [9.17, 15) is 4.79 Å². The number of aromatic amines is 1. The number of nitrogens with one attached hydrogen (secondary N) is 2. The second-order valence-corrected chi connectivity index (χ2v) is 5.67. The van der Waals surface area contributed by atoms with E-state index in [0.29, 0.717) is 12.3 Å². The number of amides is 1. The lowest BCUT2D eigenvalue weighted by atomic mass is 10.2. The van der Waals surface area contributed by atoms with Crippen molar-refractivity contribution in [1.29, 1.82) is 0 Å². The molecule has 0 unspecified atom stereocenters. The van der Waals surface area contributed by atoms with Gasteiger partial charge in [-0.2, -0.15) is 5.10 Å². The maximum atomic E-state index is 11.7. The van der Waals surface area contributed by atoms with E-state index in [0.717, 1.165) is 41.4 Å². The molecule has 0 fully saturated rings. The predicted molar refractivity (Wildman–Crippen MR) is 79.9 cm³/mol. The molecule has 8 heteroatoms. The fraction of sp³-hybridized carbons (Fsp3) is 0.538. The van der Waals surface area contributed by atoms with Crippen LogP contribution in [0.1, 0.15) is 29.3 Å². The monoisotopic (exact) mass is 309 g/mol. The quantitative estimate of drug-likeness (QED) is 0.715. The Hall–Kier alpha value is -1.83. The first-order valence-electron chi connectivity index (χ1n) is 6.77. The van der Waals surface area contributed by atoms with Gasteiger partial charge in [0.1, 0.15) is 17.9 Å². The predicted octanol–water partition coefficient (Wildman–Crippen LogP) is 1.39. The van der Waals surface area contributed by atoms with Gasteiger partial charge in [0.25, 0.3) is 0 Å². The smallest absolute Gasteiger partial charge is 0.230 e. The van der Waals surface area contributed by atoms with Crippen LogP contribution in [0.3, 0.4) is 0 Å². The van der Waals surface area contributed by atoms with Gasteiger partial charge in [0.2, 0.25) is 5.91 Å². The van der Waals surface area contributed by atoms with Crippen molar-refractivity contribution in [3.8, 4) is 0 Å². The van der Waals surface area contributed by atoms with Gasteiger partial charge < -0.3 is 9.84 Å². The number of hydrogen-bond acceptors (Lipinski definition) is 6. The Balaban J connectivity index is 1.57. The van der Waals surface area contributed by atoms with Crippen LogP contribution in [0.15, 0.2) is 10.9 Å². The van der Waals surface area contributed by atoms with Gasteiger partial charge in [0.15, 0.2) is 0 Å². The molecule has 2 rings (SSSR count). The van der Waals surface area contributed by atoms with E-state index in [1.807, 2.05) is 13.8 Å². The normalized spacial score (nSPS) is 10.8. The van der Waals surface area contributed by atoms with Crippen molar-refractivity contribution < 1.29 is 9.32 Å². The minimum Gasteiger partial charge on any atom is -0.361 e. The molecule has 21 heavy (non-hydrogen) atoms. The van der Waals surface area contributed by atoms with Gasteiger partial charge in [-0.15, -0.1) is 11.8 Å². The van der Waals surface area contributed by atoms with Gasteiger partial charge in [-0.25, -0.2) is 4.98 Å². The van der Waals surface area contributed by atoms with Crippen LogP contribution in [0.25, 0.3) is 0 Å². The molecule has 2 N–H and O–H groups in total. The van der Waals surface area contributed by atoms with Gasteiger partial charge in [-0.05, 0) is 20.3 Å². The van der Waals surface area contributed by atoms with Crippen molar-refractivity contribution in [3.63, 3.8) is 0 Å². The summed E-state index contributed by atoms with van der Waals surface area (Å²) in [6, 6.07) is 0. The van der Waals surface area contributed by atoms with Gasteiger partial charge in [-0.3, -0.25) is 9.89 Å². The Kier molecular flexibility index (Phi) is 5.79. The van der Waals surface area contributed by atoms with Crippen LogP contribution in [-0.2, 0) is 17.0 Å². The Morgan fingerprint density at radius 2 is 2.33 bits per heavy atom. The molecule has 0 aliphatic carbocycles. The number of aromatic nitrogens is 4. The zero-order valence-corrected chi connectivity index (χ0v) is 13.0. The van der Waals surface area contributed by atoms with Crippen LogP contribution in [0.5, 0.6) is 0 Å². The molecule has 2 aromatic rings. The molecule has 0 spiro atoms. The maximum Gasteiger partial charge on any atom is 0.230 e. The molecule has 0 aliphatic heterocycles. The average Bonchev–Trinajstić information content (AvgIpc) is 3.08. The number of carbonyl (C=O) groups is 1. The Bertz CT molecular complexity index is 548. The third-order valence-electron chi connectivity index (χ3n) is 3.04. The second kappa shape index (κ2) is 7.82. The van der Waals surface area contributed by atoms with Crippen LogP contribution in [-0.4, -0.2) is 38.5 Å². The summed E-state index contributed by atoms with van der Waals surface area (Å²) in [5.41, 5.74) is 1.98. The standard InChI is InChI=1S/C13H19N5O2S/c1-9-11(10(2)20-18-9)6-21-7-13(19)14-5-3-4-12-15-8-16-17-12/h8H,3-7H2,1-2H3,(H,14,19)(H,15,16,17). The molecule has 0 saturated heterocycles. The fourth-order valence-electron chi connectivity index (χ4n) is 1.84. The lowest BCUT2D eigenvalue weighted by molar-refractivity contribution is -0.118. The lowest BCUT2D eigenvalue weighted by Crippen LogP contribution is -2.26. The second-order valence-electron chi connectivity index (χ2n) is 4.68. The van der Waals surface area contributed by atoms with E-state index in [4.69, 9.17) is 4.52 Å². The zero-order chi connectivity index (χ0) is 15.1. The summed E-state index contributed by atoms with van der Waals surface area (Å²) in [6.07, 6.45) is 3.11. The maximum absolute atomic E-state index is 11.7. The number of H-pyrrole nitrogens is 1. The highest BCUT2D eigenvalue weighted by Crippen LogP contribution is 2.19. The molecule has 0 aromatic carbocycles. The van der Waals surface area contributed by atoms with Crippen molar-refractivity contribution >= 4 is 17.7 Å². The number of carbonyl (C=O) groups excluding carboxylic acids is 1. The first kappa shape index (κ1) is 15.6. The van der Waals surface area contributed by atoms with Crippen LogP contribution in [0, 0.1) is 13.8 Å². The molecule has 0 saturated carbocycles. The highest BCUT2D eigenvalue weighted by molar-refractivity contribution is 7.99. The van der Waals surface area contributed by atoms with Crippen LogP contribution in [0.2, 0.25) is 0 Å². The third kappa shape index (κ3) is 4.89. The Morgan fingerprint density at radius 3 is 3.00 bits per heavy atom. The molecule has 0 aliphatic rings. The molecule has 2 aromatic heterocycles. The van der Waals surface area contributed by atoms with Crippen molar-refractivity contribution in [2.75, 3.05) is 12.3 Å². The van der Waals surface area contributed by atoms with Crippen molar-refractivity contribution in [1.82, 2.24) is 25.7 Å². The SMILES string of the molecule is Cc1noc(C)c1CSCC(=O)NCCCc1ncn[nH]1. The van der Waals surface area contributed by atoms with Crippen molar-refractivity contribution in [3.05, 3.63) is 29.2 Å². The van der Waals surface area contributed by atoms with E-state index in [-0.39, 0.29) is 5.91 Å². The topological polar surface area (TPSA) is 96.7 Å². The van der Waals surface area contributed by atoms with E-state index in [1.165, 1.54) is 6.33 Å². The Labute approximate surface area is 127 Å². The number of hydrogen-bond donors (Lipinski definition) is 2. The van der Waals surface area contributed by atoms with Gasteiger partial charge >= 0.3 is 0 Å². The molecule has 0 bridgehead atoms. The number of thioether (sulfide) groups is 1. The largest absolute Gasteiger partial charge is 0.361 e. The molecular formula is C13H19N5O2S. The summed E-state index contributed by atoms with van der Waals surface area (Å²) in [4.78, 5) is 15.7. The van der Waals surface area contributed by atoms with Gasteiger partial charge in [-0.1, -0.05) is 5.16 Å². The molecule has 2 heterocycles. The van der Waals surface area contributed by atoms with E-state index in [2.05, 4.69) is 25.7 Å². The van der Waals surface area contributed by atoms with Crippen LogP contribution < -0.4 is 5.32 Å². The minimum absolute atomic E-state index is 0.0457.